The van der Waals surface area contributed by atoms with Gasteiger partial charge in [-0.15, -0.1) is 0 Å². The average Bonchev–Trinajstić information content (AvgIpc) is 2.23. The molecule has 0 radical (unpaired) electrons. The van der Waals surface area contributed by atoms with Gasteiger partial charge in [0.15, 0.2) is 0 Å². The van der Waals surface area contributed by atoms with E-state index in [2.05, 4.69) is 67.8 Å². The molecule has 18 heavy (non-hydrogen) atoms. The molecule has 1 aromatic carbocycles. The molecule has 100 valence electrons. The van der Waals surface area contributed by atoms with E-state index >= 15 is 0 Å². The summed E-state index contributed by atoms with van der Waals surface area (Å²) in [6.45, 7) is -0.0228. The summed E-state index contributed by atoms with van der Waals surface area (Å²) in [4.78, 5) is 10.6. The summed E-state index contributed by atoms with van der Waals surface area (Å²) in [5, 5.41) is 1.86. The second-order valence-electron chi connectivity index (χ2n) is 3.36. The first-order chi connectivity index (χ1) is 8.21. The minimum absolute atomic E-state index is 0.0228. The van der Waals surface area contributed by atoms with Crippen molar-refractivity contribution in [3.63, 3.8) is 0 Å². The van der Waals surface area contributed by atoms with Crippen LogP contribution in [0, 0.1) is 10.7 Å². The van der Waals surface area contributed by atoms with Gasteiger partial charge in [0.05, 0.1) is 0 Å². The molecule has 0 heterocycles. The van der Waals surface area contributed by atoms with Crippen LogP contribution in [0.5, 0.6) is 0 Å². The molecule has 1 aromatic rings. The van der Waals surface area contributed by atoms with Gasteiger partial charge in [-0.05, 0) is 91.9 Å². The van der Waals surface area contributed by atoms with Crippen molar-refractivity contribution in [2.24, 2.45) is 0 Å². The quantitative estimate of drug-likeness (QED) is 0.420. The predicted molar refractivity (Wildman–Crippen MR) is 87.4 cm³/mol. The number of nitrogens with one attached hydrogen (secondary N) is 1. The maximum atomic E-state index is 12.0. The molecule has 0 spiro atoms. The molecule has 0 atom stereocenters. The van der Waals surface area contributed by atoms with Crippen molar-refractivity contribution < 1.29 is 18.0 Å². The molecule has 1 amide bonds. The Labute approximate surface area is 143 Å². The van der Waals surface area contributed by atoms with Crippen LogP contribution in [0.1, 0.15) is 5.56 Å². The zero-order valence-corrected chi connectivity index (χ0v) is 15.2. The van der Waals surface area contributed by atoms with E-state index < -0.39 is 12.1 Å². The van der Waals surface area contributed by atoms with E-state index in [0.717, 1.165) is 16.3 Å². The number of carbonyl (C=O) groups is 1. The number of carbonyl (C=O) groups excluding carboxylic acids is 1. The Kier molecular flexibility index (Phi) is 6.41. The Bertz CT molecular complexity index is 462. The largest absolute Gasteiger partial charge is 0.471 e. The number of alkyl halides is 3. The second kappa shape index (κ2) is 6.90. The molecular formula is C10H7F3I3NO. The molecule has 0 bridgehead atoms. The molecule has 0 unspecified atom stereocenters. The molecule has 1 N–H and O–H groups in total. The van der Waals surface area contributed by atoms with Gasteiger partial charge in [0.25, 0.3) is 0 Å². The van der Waals surface area contributed by atoms with Gasteiger partial charge in [-0.3, -0.25) is 4.79 Å². The highest BCUT2D eigenvalue weighted by Gasteiger charge is 2.38. The van der Waals surface area contributed by atoms with Gasteiger partial charge in [-0.1, -0.05) is 0 Å². The fourth-order valence-corrected chi connectivity index (χ4v) is 3.50. The summed E-state index contributed by atoms with van der Waals surface area (Å²) >= 11 is 6.49. The zero-order valence-electron chi connectivity index (χ0n) is 8.74. The van der Waals surface area contributed by atoms with E-state index in [9.17, 15) is 18.0 Å². The first-order valence-corrected chi connectivity index (χ1v) is 7.94. The van der Waals surface area contributed by atoms with Crippen LogP contribution in [0.4, 0.5) is 13.2 Å². The van der Waals surface area contributed by atoms with Crippen LogP contribution in [-0.4, -0.2) is 18.6 Å². The number of hydrogen-bond acceptors (Lipinski definition) is 1. The second-order valence-corrected chi connectivity index (χ2v) is 6.85. The van der Waals surface area contributed by atoms with Crippen LogP contribution >= 0.6 is 67.8 Å². The Morgan fingerprint density at radius 3 is 2.22 bits per heavy atom. The maximum Gasteiger partial charge on any atom is 0.471 e. The molecule has 0 saturated carbocycles. The van der Waals surface area contributed by atoms with Gasteiger partial charge in [0, 0.05) is 17.3 Å². The van der Waals surface area contributed by atoms with E-state index in [4.69, 9.17) is 0 Å². The molecule has 2 nitrogen and oxygen atoms in total. The van der Waals surface area contributed by atoms with Crippen LogP contribution in [-0.2, 0) is 11.2 Å². The van der Waals surface area contributed by atoms with Crippen molar-refractivity contribution in [1.29, 1.82) is 0 Å². The lowest BCUT2D eigenvalue weighted by atomic mass is 10.1. The topological polar surface area (TPSA) is 29.1 Å². The van der Waals surface area contributed by atoms with Crippen LogP contribution in [0.3, 0.4) is 0 Å². The van der Waals surface area contributed by atoms with E-state index in [1.807, 2.05) is 17.4 Å². The third-order valence-electron chi connectivity index (χ3n) is 2.03. The predicted octanol–water partition coefficient (Wildman–Crippen LogP) is 3.72. The number of amides is 1. The van der Waals surface area contributed by atoms with E-state index in [-0.39, 0.29) is 6.54 Å². The Morgan fingerprint density at radius 1 is 1.11 bits per heavy atom. The van der Waals surface area contributed by atoms with Gasteiger partial charge < -0.3 is 5.32 Å². The van der Waals surface area contributed by atoms with Gasteiger partial charge in [0.1, 0.15) is 0 Å². The number of halogens is 6. The number of hydrogen-bond donors (Lipinski definition) is 1. The fourth-order valence-electron chi connectivity index (χ4n) is 1.17. The minimum Gasteiger partial charge on any atom is -0.348 e. The summed E-state index contributed by atoms with van der Waals surface area (Å²) < 4.78 is 39.0. The highest BCUT2D eigenvalue weighted by molar-refractivity contribution is 14.1. The van der Waals surface area contributed by atoms with Crippen LogP contribution < -0.4 is 5.32 Å². The molecule has 0 aliphatic rings. The van der Waals surface area contributed by atoms with E-state index in [1.165, 1.54) is 0 Å². The molecule has 8 heteroatoms. The first-order valence-electron chi connectivity index (χ1n) is 4.70. The lowest BCUT2D eigenvalue weighted by Crippen LogP contribution is -2.37. The van der Waals surface area contributed by atoms with Gasteiger partial charge >= 0.3 is 12.1 Å². The first kappa shape index (κ1) is 16.7. The highest BCUT2D eigenvalue weighted by atomic mass is 127. The lowest BCUT2D eigenvalue weighted by molar-refractivity contribution is -0.173. The van der Waals surface area contributed by atoms with E-state index in [0.29, 0.717) is 6.42 Å². The van der Waals surface area contributed by atoms with Crippen molar-refractivity contribution in [2.75, 3.05) is 6.54 Å². The molecule has 0 saturated heterocycles. The van der Waals surface area contributed by atoms with Crippen molar-refractivity contribution in [3.8, 4) is 0 Å². The Hall–Kier alpha value is 0.670. The summed E-state index contributed by atoms with van der Waals surface area (Å²) in [6, 6.07) is 3.88. The molecule has 0 aliphatic carbocycles. The third kappa shape index (κ3) is 4.98. The average molecular weight is 595 g/mol. The summed E-state index contributed by atoms with van der Waals surface area (Å²) in [5.74, 6) is -1.89. The standard InChI is InChI=1S/C10H7F3I3NO/c11-10(12,13)9(18)17-2-1-5-3-7(15)8(16)4-6(5)14/h3-4H,1-2H2,(H,17,18). The van der Waals surface area contributed by atoms with Crippen molar-refractivity contribution in [2.45, 2.75) is 12.6 Å². The van der Waals surface area contributed by atoms with Crippen molar-refractivity contribution in [3.05, 3.63) is 28.4 Å². The van der Waals surface area contributed by atoms with Gasteiger partial charge in [0.2, 0.25) is 0 Å². The minimum atomic E-state index is -4.81. The third-order valence-corrected chi connectivity index (χ3v) is 5.85. The van der Waals surface area contributed by atoms with Gasteiger partial charge in [-0.25, -0.2) is 0 Å². The molecule has 0 fully saturated rings. The van der Waals surface area contributed by atoms with Crippen LogP contribution in [0.15, 0.2) is 12.1 Å². The number of benzene rings is 1. The normalized spacial score (nSPS) is 11.4. The fraction of sp³-hybridized carbons (Fsp3) is 0.300. The van der Waals surface area contributed by atoms with Crippen LogP contribution in [0.25, 0.3) is 0 Å². The van der Waals surface area contributed by atoms with Crippen molar-refractivity contribution in [1.82, 2.24) is 5.32 Å². The Morgan fingerprint density at radius 2 is 1.67 bits per heavy atom. The molecule has 0 aromatic heterocycles. The SMILES string of the molecule is O=C(NCCc1cc(I)c(I)cc1I)C(F)(F)F. The number of rotatable bonds is 3. The Balaban J connectivity index is 2.60. The molecule has 0 aliphatic heterocycles. The highest BCUT2D eigenvalue weighted by Crippen LogP contribution is 2.22. The monoisotopic (exact) mass is 595 g/mol. The zero-order chi connectivity index (χ0) is 13.9. The summed E-state index contributed by atoms with van der Waals surface area (Å²) in [5.41, 5.74) is 0.933. The smallest absolute Gasteiger partial charge is 0.348 e. The van der Waals surface area contributed by atoms with Crippen molar-refractivity contribution >= 4 is 73.7 Å². The van der Waals surface area contributed by atoms with E-state index in [1.54, 1.807) is 0 Å². The molecular weight excluding hydrogens is 588 g/mol. The van der Waals surface area contributed by atoms with Gasteiger partial charge in [-0.2, -0.15) is 13.2 Å². The van der Waals surface area contributed by atoms with Crippen LogP contribution in [0.2, 0.25) is 0 Å². The summed E-state index contributed by atoms with van der Waals surface area (Å²) in [7, 11) is 0. The maximum absolute atomic E-state index is 12.0. The molecule has 1 rings (SSSR count). The summed E-state index contributed by atoms with van der Waals surface area (Å²) in [6.07, 6.45) is -4.43. The lowest BCUT2D eigenvalue weighted by Gasteiger charge is -2.10.